The van der Waals surface area contributed by atoms with Gasteiger partial charge in [0.15, 0.2) is 0 Å². The first-order chi connectivity index (χ1) is 12.6. The van der Waals surface area contributed by atoms with Gasteiger partial charge in [-0.05, 0) is 65.0 Å². The van der Waals surface area contributed by atoms with Gasteiger partial charge in [-0.3, -0.25) is 9.69 Å². The van der Waals surface area contributed by atoms with E-state index in [1.807, 2.05) is 51.7 Å². The topological polar surface area (TPSA) is 62.7 Å². The minimum Gasteiger partial charge on any atom is -0.443 e. The third kappa shape index (κ3) is 5.44. The predicted octanol–water partition coefficient (Wildman–Crippen LogP) is 4.70. The number of carbonyl (C=O) groups is 2. The summed E-state index contributed by atoms with van der Waals surface area (Å²) in [6.45, 7) is 12.0. The van der Waals surface area contributed by atoms with Gasteiger partial charge < -0.3 is 9.64 Å². The highest BCUT2D eigenvalue weighted by Crippen LogP contribution is 2.31. The Morgan fingerprint density at radius 1 is 1.33 bits per heavy atom. The van der Waals surface area contributed by atoms with Crippen LogP contribution in [0.5, 0.6) is 0 Å². The lowest BCUT2D eigenvalue weighted by atomic mass is 9.96. The number of ether oxygens (including phenoxy) is 1. The Labute approximate surface area is 162 Å². The van der Waals surface area contributed by atoms with Crippen LogP contribution in [0.25, 0.3) is 0 Å². The van der Waals surface area contributed by atoms with Crippen LogP contribution in [0.4, 0.5) is 10.6 Å². The first-order valence-electron chi connectivity index (χ1n) is 9.89. The van der Waals surface area contributed by atoms with E-state index in [0.29, 0.717) is 5.82 Å². The number of rotatable bonds is 4. The Morgan fingerprint density at radius 2 is 2.04 bits per heavy atom. The fourth-order valence-corrected chi connectivity index (χ4v) is 3.39. The maximum atomic E-state index is 12.7. The number of pyridine rings is 1. The molecule has 1 aliphatic heterocycles. The summed E-state index contributed by atoms with van der Waals surface area (Å²) in [6, 6.07) is 3.88. The highest BCUT2D eigenvalue weighted by molar-refractivity contribution is 5.87. The van der Waals surface area contributed by atoms with Crippen LogP contribution >= 0.6 is 0 Å². The summed E-state index contributed by atoms with van der Waals surface area (Å²) >= 11 is 0. The average molecular weight is 376 g/mol. The van der Waals surface area contributed by atoms with Gasteiger partial charge in [-0.15, -0.1) is 0 Å². The summed E-state index contributed by atoms with van der Waals surface area (Å²) in [5.41, 5.74) is 0.453. The summed E-state index contributed by atoms with van der Waals surface area (Å²) < 4.78 is 5.57. The van der Waals surface area contributed by atoms with Crippen LogP contribution in [-0.4, -0.2) is 40.1 Å². The van der Waals surface area contributed by atoms with Crippen molar-refractivity contribution < 1.29 is 14.3 Å². The molecule has 6 heteroatoms. The fraction of sp³-hybridized carbons (Fsp3) is 0.667. The number of piperidine rings is 1. The van der Waals surface area contributed by atoms with E-state index >= 15 is 0 Å². The molecule has 0 radical (unpaired) electrons. The molecule has 0 aromatic carbocycles. The molecule has 1 aromatic heterocycles. The van der Waals surface area contributed by atoms with Crippen molar-refractivity contribution in [3.8, 4) is 0 Å². The molecule has 0 aliphatic carbocycles. The Bertz CT molecular complexity index is 652. The van der Waals surface area contributed by atoms with Crippen molar-refractivity contribution in [2.24, 2.45) is 0 Å². The molecule has 150 valence electrons. The quantitative estimate of drug-likeness (QED) is 0.765. The molecule has 1 fully saturated rings. The maximum absolute atomic E-state index is 12.7. The van der Waals surface area contributed by atoms with Crippen LogP contribution in [0, 0.1) is 0 Å². The SMILES string of the molecule is CC[C@@H](C)N(C(=O)OC(C)(C)C)c1ccc([C@H]2CCCCN2C(C)=O)cn1. The van der Waals surface area contributed by atoms with Crippen LogP contribution in [0.15, 0.2) is 18.3 Å². The van der Waals surface area contributed by atoms with Crippen LogP contribution in [0.2, 0.25) is 0 Å². The largest absolute Gasteiger partial charge is 0.443 e. The first kappa shape index (κ1) is 21.2. The molecule has 2 amide bonds. The number of likely N-dealkylation sites (tertiary alicyclic amines) is 1. The van der Waals surface area contributed by atoms with Gasteiger partial charge in [0.25, 0.3) is 0 Å². The van der Waals surface area contributed by atoms with Crippen molar-refractivity contribution in [3.05, 3.63) is 23.9 Å². The number of hydrogen-bond donors (Lipinski definition) is 0. The molecule has 0 bridgehead atoms. The van der Waals surface area contributed by atoms with Gasteiger partial charge >= 0.3 is 6.09 Å². The molecule has 2 heterocycles. The lowest BCUT2D eigenvalue weighted by Crippen LogP contribution is -2.42. The van der Waals surface area contributed by atoms with E-state index in [-0.39, 0.29) is 24.1 Å². The molecule has 1 aromatic rings. The number of aromatic nitrogens is 1. The van der Waals surface area contributed by atoms with Crippen LogP contribution in [0.3, 0.4) is 0 Å². The van der Waals surface area contributed by atoms with Gasteiger partial charge in [0.1, 0.15) is 11.4 Å². The molecule has 1 saturated heterocycles. The van der Waals surface area contributed by atoms with E-state index < -0.39 is 5.60 Å². The lowest BCUT2D eigenvalue weighted by molar-refractivity contribution is -0.132. The second-order valence-corrected chi connectivity index (χ2v) is 8.28. The second kappa shape index (κ2) is 8.72. The third-order valence-electron chi connectivity index (χ3n) is 4.93. The smallest absolute Gasteiger partial charge is 0.416 e. The van der Waals surface area contributed by atoms with E-state index in [4.69, 9.17) is 4.74 Å². The first-order valence-corrected chi connectivity index (χ1v) is 9.89. The molecule has 0 saturated carbocycles. The maximum Gasteiger partial charge on any atom is 0.416 e. The molecular formula is C21H33N3O3. The Morgan fingerprint density at radius 3 is 2.56 bits per heavy atom. The Hall–Kier alpha value is -2.11. The number of anilines is 1. The van der Waals surface area contributed by atoms with Crippen molar-refractivity contribution in [3.63, 3.8) is 0 Å². The number of hydrogen-bond acceptors (Lipinski definition) is 4. The predicted molar refractivity (Wildman–Crippen MR) is 107 cm³/mol. The van der Waals surface area contributed by atoms with E-state index in [9.17, 15) is 9.59 Å². The van der Waals surface area contributed by atoms with Crippen LogP contribution in [0.1, 0.15) is 78.8 Å². The van der Waals surface area contributed by atoms with Gasteiger partial charge in [0.05, 0.1) is 6.04 Å². The molecule has 2 atom stereocenters. The standard InChI is InChI=1S/C21H33N3O3/c1-7-15(2)24(20(26)27-21(4,5)6)19-12-11-17(14-22-19)18-10-8-9-13-23(18)16(3)25/h11-12,14-15,18H,7-10,13H2,1-6H3/t15-,18-/m1/s1. The van der Waals surface area contributed by atoms with Crippen molar-refractivity contribution in [2.45, 2.75) is 84.9 Å². The fourth-order valence-electron chi connectivity index (χ4n) is 3.39. The molecule has 0 spiro atoms. The number of amides is 2. The van der Waals surface area contributed by atoms with Crippen LogP contribution in [-0.2, 0) is 9.53 Å². The summed E-state index contributed by atoms with van der Waals surface area (Å²) in [4.78, 5) is 32.7. The van der Waals surface area contributed by atoms with E-state index in [0.717, 1.165) is 37.8 Å². The zero-order valence-electron chi connectivity index (χ0n) is 17.5. The van der Waals surface area contributed by atoms with Gasteiger partial charge in [-0.25, -0.2) is 9.78 Å². The van der Waals surface area contributed by atoms with Gasteiger partial charge in [0, 0.05) is 25.7 Å². The zero-order chi connectivity index (χ0) is 20.2. The summed E-state index contributed by atoms with van der Waals surface area (Å²) in [7, 11) is 0. The monoisotopic (exact) mass is 375 g/mol. The third-order valence-corrected chi connectivity index (χ3v) is 4.93. The van der Waals surface area contributed by atoms with E-state index in [2.05, 4.69) is 4.98 Å². The van der Waals surface area contributed by atoms with Crippen molar-refractivity contribution in [1.29, 1.82) is 0 Å². The minimum absolute atomic E-state index is 0.0263. The van der Waals surface area contributed by atoms with Crippen molar-refractivity contribution in [1.82, 2.24) is 9.88 Å². The Balaban J connectivity index is 2.26. The molecule has 27 heavy (non-hydrogen) atoms. The highest BCUT2D eigenvalue weighted by Gasteiger charge is 2.29. The summed E-state index contributed by atoms with van der Waals surface area (Å²) in [5, 5.41) is 0. The Kier molecular flexibility index (Phi) is 6.84. The van der Waals surface area contributed by atoms with E-state index in [1.165, 1.54) is 0 Å². The average Bonchev–Trinajstić information content (AvgIpc) is 2.60. The second-order valence-electron chi connectivity index (χ2n) is 8.28. The number of carbonyl (C=O) groups excluding carboxylic acids is 2. The molecular weight excluding hydrogens is 342 g/mol. The summed E-state index contributed by atoms with van der Waals surface area (Å²) in [5.74, 6) is 0.672. The van der Waals surface area contributed by atoms with Gasteiger partial charge in [-0.2, -0.15) is 0 Å². The molecule has 6 nitrogen and oxygen atoms in total. The van der Waals surface area contributed by atoms with E-state index in [1.54, 1.807) is 18.0 Å². The van der Waals surface area contributed by atoms with Gasteiger partial charge in [0.2, 0.25) is 5.91 Å². The van der Waals surface area contributed by atoms with Crippen molar-refractivity contribution in [2.75, 3.05) is 11.4 Å². The van der Waals surface area contributed by atoms with Gasteiger partial charge in [-0.1, -0.05) is 13.0 Å². The highest BCUT2D eigenvalue weighted by atomic mass is 16.6. The lowest BCUT2D eigenvalue weighted by Gasteiger charge is -2.35. The van der Waals surface area contributed by atoms with Crippen LogP contribution < -0.4 is 4.90 Å². The molecule has 0 unspecified atom stereocenters. The summed E-state index contributed by atoms with van der Waals surface area (Å²) in [6.07, 6.45) is 5.29. The molecule has 0 N–H and O–H groups in total. The molecule has 2 rings (SSSR count). The molecule has 1 aliphatic rings. The minimum atomic E-state index is -0.563. The normalized spacial score (nSPS) is 18.7. The number of nitrogens with zero attached hydrogens (tertiary/aromatic N) is 3. The zero-order valence-corrected chi connectivity index (χ0v) is 17.5. The van der Waals surface area contributed by atoms with Crippen molar-refractivity contribution >= 4 is 17.8 Å².